The molecule has 49 heavy (non-hydrogen) atoms. The second-order valence-electron chi connectivity index (χ2n) is 11.3. The molecule has 5 rings (SSSR count). The van der Waals surface area contributed by atoms with Crippen molar-refractivity contribution in [1.29, 1.82) is 0 Å². The van der Waals surface area contributed by atoms with Crippen LogP contribution in [0.4, 0.5) is 0 Å². The van der Waals surface area contributed by atoms with E-state index in [-0.39, 0.29) is 11.5 Å². The van der Waals surface area contributed by atoms with E-state index in [9.17, 15) is 10.2 Å². The van der Waals surface area contributed by atoms with Crippen LogP contribution in [0.25, 0.3) is 12.2 Å². The first kappa shape index (κ1) is 35.0. The molecule has 0 aliphatic heterocycles. The minimum Gasteiger partial charge on any atom is -0.508 e. The summed E-state index contributed by atoms with van der Waals surface area (Å²) in [6, 6.07) is 38.4. The molecule has 5 aromatic rings. The van der Waals surface area contributed by atoms with Gasteiger partial charge >= 0.3 is 0 Å². The smallest absolute Gasteiger partial charge is 0.162 e. The van der Waals surface area contributed by atoms with Crippen LogP contribution < -0.4 is 19.5 Å². The van der Waals surface area contributed by atoms with E-state index in [1.807, 2.05) is 109 Å². The molecule has 0 aromatic heterocycles. The number of hydrogen-bond donors (Lipinski definition) is 3. The monoisotopic (exact) mass is 661 g/mol. The Labute approximate surface area is 288 Å². The van der Waals surface area contributed by atoms with Crippen LogP contribution in [0.1, 0.15) is 27.8 Å². The molecule has 0 saturated heterocycles. The Morgan fingerprint density at radius 1 is 0.490 bits per heavy atom. The summed E-state index contributed by atoms with van der Waals surface area (Å²) in [7, 11) is 0. The van der Waals surface area contributed by atoms with Gasteiger partial charge in [0, 0.05) is 19.2 Å². The second-order valence-corrected chi connectivity index (χ2v) is 11.3. The van der Waals surface area contributed by atoms with Gasteiger partial charge in [-0.25, -0.2) is 0 Å². The molecule has 0 bridgehead atoms. The van der Waals surface area contributed by atoms with Gasteiger partial charge in [0.05, 0.1) is 26.4 Å². The lowest BCUT2D eigenvalue weighted by Crippen LogP contribution is -2.20. The van der Waals surface area contributed by atoms with Crippen molar-refractivity contribution in [3.63, 3.8) is 0 Å². The van der Waals surface area contributed by atoms with Crippen molar-refractivity contribution in [3.8, 4) is 28.7 Å². The van der Waals surface area contributed by atoms with Gasteiger partial charge in [-0.2, -0.15) is 0 Å². The Hall–Kier alpha value is -5.28. The van der Waals surface area contributed by atoms with Crippen LogP contribution in [0.15, 0.2) is 121 Å². The Kier molecular flexibility index (Phi) is 14.0. The predicted molar refractivity (Wildman–Crippen MR) is 192 cm³/mol. The zero-order valence-corrected chi connectivity index (χ0v) is 27.5. The van der Waals surface area contributed by atoms with Crippen LogP contribution in [0.3, 0.4) is 0 Å². The van der Waals surface area contributed by atoms with Gasteiger partial charge in [-0.3, -0.25) is 0 Å². The quantitative estimate of drug-likeness (QED) is 0.0579. The standard InChI is InChI=1S/C41H43NO7/c43-37-25-35(26-38(44)28-37)12-11-32-13-16-39(17-14-32)47-24-23-46-22-21-45-20-19-42-29-36-15-18-40(48-30-33-7-3-1-4-8-33)41(27-36)49-31-34-9-5-2-6-10-34/h1-18,25-28,42-44H,19-24,29-31H2. The molecule has 0 amide bonds. The second kappa shape index (κ2) is 19.5. The van der Waals surface area contributed by atoms with Gasteiger partial charge in [-0.05, 0) is 64.2 Å². The van der Waals surface area contributed by atoms with Crippen LogP contribution in [-0.2, 0) is 29.2 Å². The molecular formula is C41H43NO7. The van der Waals surface area contributed by atoms with Gasteiger partial charge in [-0.1, -0.05) is 91.0 Å². The Bertz CT molecular complexity index is 1690. The summed E-state index contributed by atoms with van der Waals surface area (Å²) in [6.07, 6.45) is 3.72. The summed E-state index contributed by atoms with van der Waals surface area (Å²) in [6.45, 7) is 4.78. The lowest BCUT2D eigenvalue weighted by molar-refractivity contribution is 0.0372. The number of hydrogen-bond acceptors (Lipinski definition) is 8. The average molecular weight is 662 g/mol. The largest absolute Gasteiger partial charge is 0.508 e. The number of benzene rings is 5. The first-order valence-electron chi connectivity index (χ1n) is 16.4. The average Bonchev–Trinajstić information content (AvgIpc) is 3.12. The molecule has 0 spiro atoms. The highest BCUT2D eigenvalue weighted by Crippen LogP contribution is 2.30. The van der Waals surface area contributed by atoms with Crippen molar-refractivity contribution in [3.05, 3.63) is 149 Å². The van der Waals surface area contributed by atoms with E-state index in [0.29, 0.717) is 70.7 Å². The maximum Gasteiger partial charge on any atom is 0.162 e. The summed E-state index contributed by atoms with van der Waals surface area (Å²) in [4.78, 5) is 0. The molecule has 0 radical (unpaired) electrons. The van der Waals surface area contributed by atoms with E-state index < -0.39 is 0 Å². The Balaban J connectivity index is 0.941. The minimum absolute atomic E-state index is 0.0220. The number of ether oxygens (including phenoxy) is 5. The zero-order valence-electron chi connectivity index (χ0n) is 27.5. The Morgan fingerprint density at radius 2 is 1.08 bits per heavy atom. The summed E-state index contributed by atoms with van der Waals surface area (Å²) < 4.78 is 29.4. The topological polar surface area (TPSA) is 98.6 Å². The third-order valence-electron chi connectivity index (χ3n) is 7.38. The molecule has 0 aliphatic rings. The van der Waals surface area contributed by atoms with Gasteiger partial charge in [0.1, 0.15) is 37.1 Å². The van der Waals surface area contributed by atoms with Gasteiger partial charge < -0.3 is 39.2 Å². The molecule has 8 heteroatoms. The molecule has 5 aromatic carbocycles. The number of nitrogens with one attached hydrogen (secondary N) is 1. The van der Waals surface area contributed by atoms with Crippen molar-refractivity contribution in [1.82, 2.24) is 5.32 Å². The number of phenolic OH excluding ortho intramolecular Hbond substituents is 2. The molecule has 0 heterocycles. The van der Waals surface area contributed by atoms with E-state index in [1.54, 1.807) is 12.1 Å². The first-order chi connectivity index (χ1) is 24.1. The maximum atomic E-state index is 9.61. The van der Waals surface area contributed by atoms with Crippen LogP contribution in [-0.4, -0.2) is 49.8 Å². The van der Waals surface area contributed by atoms with Crippen molar-refractivity contribution < 1.29 is 33.9 Å². The van der Waals surface area contributed by atoms with Crippen LogP contribution >= 0.6 is 0 Å². The van der Waals surface area contributed by atoms with Gasteiger partial charge in [0.25, 0.3) is 0 Å². The number of rotatable bonds is 20. The van der Waals surface area contributed by atoms with Crippen molar-refractivity contribution in [2.24, 2.45) is 0 Å². The van der Waals surface area contributed by atoms with E-state index in [2.05, 4.69) is 11.4 Å². The van der Waals surface area contributed by atoms with E-state index in [0.717, 1.165) is 33.8 Å². The molecule has 3 N–H and O–H groups in total. The summed E-state index contributed by atoms with van der Waals surface area (Å²) in [5.74, 6) is 2.23. The Morgan fingerprint density at radius 3 is 1.76 bits per heavy atom. The molecule has 0 fully saturated rings. The van der Waals surface area contributed by atoms with Gasteiger partial charge in [-0.15, -0.1) is 0 Å². The molecular weight excluding hydrogens is 618 g/mol. The van der Waals surface area contributed by atoms with Gasteiger partial charge in [0.15, 0.2) is 11.5 Å². The third kappa shape index (κ3) is 12.7. The van der Waals surface area contributed by atoms with Crippen LogP contribution in [0.5, 0.6) is 28.7 Å². The van der Waals surface area contributed by atoms with Crippen molar-refractivity contribution in [2.75, 3.05) is 39.6 Å². The summed E-state index contributed by atoms with van der Waals surface area (Å²) >= 11 is 0. The summed E-state index contributed by atoms with van der Waals surface area (Å²) in [5.41, 5.74) is 4.97. The number of phenols is 2. The SMILES string of the molecule is Oc1cc(O)cc(C=Cc2ccc(OCCOCCOCCNCc3ccc(OCc4ccccc4)c(OCc4ccccc4)c3)cc2)c1. The van der Waals surface area contributed by atoms with E-state index in [1.165, 1.54) is 6.07 Å². The molecule has 0 unspecified atom stereocenters. The zero-order chi connectivity index (χ0) is 33.9. The molecule has 254 valence electrons. The fourth-order valence-electron chi connectivity index (χ4n) is 4.86. The molecule has 0 aliphatic carbocycles. The third-order valence-corrected chi connectivity index (χ3v) is 7.38. The normalized spacial score (nSPS) is 11.1. The fourth-order valence-corrected chi connectivity index (χ4v) is 4.86. The van der Waals surface area contributed by atoms with Crippen LogP contribution in [0, 0.1) is 0 Å². The van der Waals surface area contributed by atoms with Crippen molar-refractivity contribution >= 4 is 12.2 Å². The van der Waals surface area contributed by atoms with E-state index >= 15 is 0 Å². The lowest BCUT2D eigenvalue weighted by Gasteiger charge is -2.15. The first-order valence-corrected chi connectivity index (χ1v) is 16.4. The predicted octanol–water partition coefficient (Wildman–Crippen LogP) is 7.63. The highest BCUT2D eigenvalue weighted by atomic mass is 16.5. The molecule has 0 saturated carbocycles. The number of aromatic hydroxyl groups is 2. The van der Waals surface area contributed by atoms with Crippen LogP contribution in [0.2, 0.25) is 0 Å². The summed E-state index contributed by atoms with van der Waals surface area (Å²) in [5, 5.41) is 22.6. The fraction of sp³-hybridized carbons (Fsp3) is 0.220. The highest BCUT2D eigenvalue weighted by molar-refractivity contribution is 5.71. The maximum absolute atomic E-state index is 9.61. The minimum atomic E-state index is 0.0220. The highest BCUT2D eigenvalue weighted by Gasteiger charge is 2.09. The molecule has 0 atom stereocenters. The van der Waals surface area contributed by atoms with Crippen molar-refractivity contribution in [2.45, 2.75) is 19.8 Å². The molecule has 8 nitrogen and oxygen atoms in total. The van der Waals surface area contributed by atoms with Gasteiger partial charge in [0.2, 0.25) is 0 Å². The lowest BCUT2D eigenvalue weighted by atomic mass is 10.1. The van der Waals surface area contributed by atoms with E-state index in [4.69, 9.17) is 23.7 Å².